The Morgan fingerprint density at radius 1 is 1.42 bits per heavy atom. The first-order chi connectivity index (χ1) is 14.3. The number of nitrogen functional groups attached to an aromatic ring is 1. The summed E-state index contributed by atoms with van der Waals surface area (Å²) in [6.07, 6.45) is 0.694. The van der Waals surface area contributed by atoms with Gasteiger partial charge in [0.1, 0.15) is 5.60 Å². The van der Waals surface area contributed by atoms with E-state index in [0.29, 0.717) is 12.1 Å². The molecule has 0 aromatic carbocycles. The molecule has 2 heterocycles. The number of H-pyrrole nitrogens is 1. The van der Waals surface area contributed by atoms with E-state index in [1.165, 1.54) is 13.0 Å². The molecule has 31 heavy (non-hydrogen) atoms. The lowest BCUT2D eigenvalue weighted by molar-refractivity contribution is -0.277. The van der Waals surface area contributed by atoms with E-state index in [2.05, 4.69) is 19.7 Å². The predicted octanol–water partition coefficient (Wildman–Crippen LogP) is 2.18. The van der Waals surface area contributed by atoms with Crippen molar-refractivity contribution in [3.05, 3.63) is 16.7 Å². The molecule has 13 nitrogen and oxygen atoms in total. The van der Waals surface area contributed by atoms with Crippen molar-refractivity contribution < 1.29 is 32.9 Å². The van der Waals surface area contributed by atoms with Crippen molar-refractivity contribution in [1.82, 2.24) is 19.5 Å². The first-order valence-corrected chi connectivity index (χ1v) is 11.5. The number of carbonyl (C=O) groups excluding carboxylic acids is 1. The Balaban J connectivity index is 1.65. The van der Waals surface area contributed by atoms with Gasteiger partial charge in [-0.2, -0.15) is 4.98 Å². The van der Waals surface area contributed by atoms with Crippen LogP contribution in [0.25, 0.3) is 11.2 Å². The van der Waals surface area contributed by atoms with E-state index in [4.69, 9.17) is 24.6 Å². The van der Waals surface area contributed by atoms with E-state index >= 15 is 0 Å². The molecule has 1 aliphatic rings. The maximum atomic E-state index is 12.5. The third-order valence-corrected chi connectivity index (χ3v) is 5.80. The van der Waals surface area contributed by atoms with Crippen molar-refractivity contribution in [2.75, 3.05) is 19.2 Å². The molecular formula is C17H26N5O8P. The third kappa shape index (κ3) is 5.24. The van der Waals surface area contributed by atoms with Crippen LogP contribution in [0.15, 0.2) is 11.1 Å². The van der Waals surface area contributed by atoms with Crippen molar-refractivity contribution >= 4 is 30.9 Å². The van der Waals surface area contributed by atoms with Gasteiger partial charge < -0.3 is 19.8 Å². The Hall–Kier alpha value is -2.47. The van der Waals surface area contributed by atoms with Crippen molar-refractivity contribution in [3.63, 3.8) is 0 Å². The highest BCUT2D eigenvalue weighted by molar-refractivity contribution is 7.52. The minimum atomic E-state index is -3.72. The fourth-order valence-electron chi connectivity index (χ4n) is 3.03. The molecule has 1 fully saturated rings. The van der Waals surface area contributed by atoms with Gasteiger partial charge in [-0.05, 0) is 20.3 Å². The van der Waals surface area contributed by atoms with E-state index in [1.807, 2.05) is 13.8 Å². The largest absolute Gasteiger partial charge is 0.510 e. The second-order valence-electron chi connectivity index (χ2n) is 8.29. The molecule has 14 heteroatoms. The number of carbonyl (C=O) groups is 1. The van der Waals surface area contributed by atoms with Crippen LogP contribution in [-0.2, 0) is 34.7 Å². The summed E-state index contributed by atoms with van der Waals surface area (Å²) in [6.45, 7) is 7.96. The summed E-state index contributed by atoms with van der Waals surface area (Å²) in [4.78, 5) is 39.5. The van der Waals surface area contributed by atoms with Gasteiger partial charge in [0.05, 0.1) is 19.0 Å². The number of nitrogens with one attached hydrogen (secondary N) is 1. The molecule has 2 atom stereocenters. The predicted molar refractivity (Wildman–Crippen MR) is 108 cm³/mol. The average Bonchev–Trinajstić information content (AvgIpc) is 2.94. The Kier molecular flexibility index (Phi) is 6.16. The summed E-state index contributed by atoms with van der Waals surface area (Å²) in [7, 11) is -3.72. The number of hydrogen-bond donors (Lipinski definition) is 2. The molecule has 0 amide bonds. The average molecular weight is 459 g/mol. The second-order valence-corrected chi connectivity index (χ2v) is 10.2. The molecule has 2 aromatic heterocycles. The molecule has 0 radical (unpaired) electrons. The monoisotopic (exact) mass is 459 g/mol. The molecule has 0 bridgehead atoms. The second kappa shape index (κ2) is 8.23. The highest BCUT2D eigenvalue weighted by Gasteiger charge is 2.65. The van der Waals surface area contributed by atoms with Crippen LogP contribution < -0.4 is 11.3 Å². The maximum absolute atomic E-state index is 12.5. The zero-order valence-corrected chi connectivity index (χ0v) is 18.8. The lowest BCUT2D eigenvalue weighted by atomic mass is 10.1. The van der Waals surface area contributed by atoms with Gasteiger partial charge >= 0.3 is 13.8 Å². The molecule has 3 rings (SSSR count). The highest BCUT2D eigenvalue weighted by atomic mass is 31.2. The van der Waals surface area contributed by atoms with Gasteiger partial charge in [-0.3, -0.25) is 18.9 Å². The molecule has 1 saturated carbocycles. The molecular weight excluding hydrogens is 433 g/mol. The summed E-state index contributed by atoms with van der Waals surface area (Å²) in [5, 5.41) is 0. The fraction of sp³-hybridized carbons (Fsp3) is 0.647. The number of anilines is 1. The van der Waals surface area contributed by atoms with Crippen LogP contribution in [0.1, 0.15) is 34.1 Å². The number of ether oxygens (including phenoxy) is 2. The van der Waals surface area contributed by atoms with Gasteiger partial charge in [-0.1, -0.05) is 13.8 Å². The standard InChI is InChI=1S/C17H26N5O8P/c1-10(2)28-15(24)26-9-27-31(5,25)30-29-17(6-16(17,3)4)7-22-8-19-11-12(22)20-14(18)21-13(11)23/h8,10H,6-7,9H2,1-5H3,(H3,18,20,21,23). The topological polar surface area (TPSA) is 170 Å². The molecule has 2 unspecified atom stereocenters. The fourth-order valence-corrected chi connectivity index (χ4v) is 3.59. The van der Waals surface area contributed by atoms with E-state index in [-0.39, 0.29) is 29.5 Å². The van der Waals surface area contributed by atoms with Gasteiger partial charge in [-0.25, -0.2) is 14.7 Å². The number of imidazole rings is 1. The minimum Gasteiger partial charge on any atom is -0.432 e. The van der Waals surface area contributed by atoms with Crippen LogP contribution in [0.3, 0.4) is 0 Å². The van der Waals surface area contributed by atoms with Crippen molar-refractivity contribution in [2.45, 2.75) is 52.4 Å². The Morgan fingerprint density at radius 3 is 2.71 bits per heavy atom. The first-order valence-electron chi connectivity index (χ1n) is 9.48. The summed E-state index contributed by atoms with van der Waals surface area (Å²) in [5.74, 6) is -0.0389. The zero-order chi connectivity index (χ0) is 23.0. The molecule has 3 N–H and O–H groups in total. The summed E-state index contributed by atoms with van der Waals surface area (Å²) in [6, 6.07) is 0. The summed E-state index contributed by atoms with van der Waals surface area (Å²) >= 11 is 0. The maximum Gasteiger partial charge on any atom is 0.510 e. The first kappa shape index (κ1) is 23.2. The number of nitrogens with zero attached hydrogens (tertiary/aromatic N) is 3. The van der Waals surface area contributed by atoms with E-state index in [1.54, 1.807) is 18.4 Å². The summed E-state index contributed by atoms with van der Waals surface area (Å²) < 4.78 is 33.7. The van der Waals surface area contributed by atoms with Crippen molar-refractivity contribution in [2.24, 2.45) is 5.41 Å². The van der Waals surface area contributed by atoms with Gasteiger partial charge in [0, 0.05) is 12.1 Å². The minimum absolute atomic E-state index is 0.0389. The SMILES string of the molecule is CC(C)OC(=O)OCOP(C)(=O)OOC1(Cn2cnc3c(=O)[nH]c(N)nc32)CC1(C)C. The van der Waals surface area contributed by atoms with Gasteiger partial charge in [0.15, 0.2) is 11.2 Å². The van der Waals surface area contributed by atoms with Gasteiger partial charge in [0.2, 0.25) is 12.7 Å². The zero-order valence-electron chi connectivity index (χ0n) is 17.9. The van der Waals surface area contributed by atoms with E-state index in [0.717, 1.165) is 0 Å². The van der Waals surface area contributed by atoms with Crippen LogP contribution in [0.4, 0.5) is 10.7 Å². The van der Waals surface area contributed by atoms with E-state index in [9.17, 15) is 14.2 Å². The van der Waals surface area contributed by atoms with Crippen LogP contribution >= 0.6 is 7.60 Å². The van der Waals surface area contributed by atoms with Crippen molar-refractivity contribution in [1.29, 1.82) is 0 Å². The number of fused-ring (bicyclic) bond motifs is 1. The van der Waals surface area contributed by atoms with Gasteiger partial charge in [0.25, 0.3) is 5.56 Å². The number of rotatable bonds is 9. The Morgan fingerprint density at radius 2 is 2.10 bits per heavy atom. The molecule has 2 aromatic rings. The van der Waals surface area contributed by atoms with Crippen molar-refractivity contribution in [3.8, 4) is 0 Å². The third-order valence-electron chi connectivity index (χ3n) is 4.88. The lowest BCUT2D eigenvalue weighted by Crippen LogP contribution is -2.27. The quantitative estimate of drug-likeness (QED) is 0.185. The molecule has 0 spiro atoms. The number of aromatic amines is 1. The van der Waals surface area contributed by atoms with Crippen LogP contribution in [-0.4, -0.2) is 50.8 Å². The lowest BCUT2D eigenvalue weighted by Gasteiger charge is -2.22. The summed E-state index contributed by atoms with van der Waals surface area (Å²) in [5.41, 5.74) is 4.39. The molecule has 172 valence electrons. The van der Waals surface area contributed by atoms with Crippen LogP contribution in [0.2, 0.25) is 0 Å². The molecule has 1 aliphatic carbocycles. The Bertz CT molecular complexity index is 1080. The van der Waals surface area contributed by atoms with Crippen LogP contribution in [0.5, 0.6) is 0 Å². The number of nitrogens with two attached hydrogens (primary N) is 1. The van der Waals surface area contributed by atoms with Crippen LogP contribution in [0, 0.1) is 5.41 Å². The molecule has 0 aliphatic heterocycles. The Labute approximate surface area is 177 Å². The number of hydrogen-bond acceptors (Lipinski definition) is 11. The molecule has 0 saturated heterocycles. The highest BCUT2D eigenvalue weighted by Crippen LogP contribution is 2.61. The normalized spacial score (nSPS) is 21.7. The number of aromatic nitrogens is 4. The van der Waals surface area contributed by atoms with E-state index < -0.39 is 31.7 Å². The smallest absolute Gasteiger partial charge is 0.432 e. The van der Waals surface area contributed by atoms with Gasteiger partial charge in [-0.15, -0.1) is 4.67 Å².